The van der Waals surface area contributed by atoms with Gasteiger partial charge in [0.1, 0.15) is 11.9 Å². The molecular weight excluding hydrogens is 249 g/mol. The molecular formula is C13H14FN3O2. The molecule has 0 unspecified atom stereocenters. The van der Waals surface area contributed by atoms with E-state index in [0.29, 0.717) is 31.6 Å². The number of hydrogen-bond donors (Lipinski definition) is 2. The van der Waals surface area contributed by atoms with E-state index in [1.54, 1.807) is 12.1 Å². The predicted octanol–water partition coefficient (Wildman–Crippen LogP) is 2.25. The number of nitrogens with one attached hydrogen (secondary N) is 1. The van der Waals surface area contributed by atoms with E-state index in [9.17, 15) is 9.18 Å². The van der Waals surface area contributed by atoms with Gasteiger partial charge < -0.3 is 15.3 Å². The number of carboxylic acid groups (broad SMARTS) is 1. The Kier molecular flexibility index (Phi) is 3.85. The molecule has 2 rings (SSSR count). The first kappa shape index (κ1) is 13.1. The van der Waals surface area contributed by atoms with Crippen molar-refractivity contribution >= 4 is 11.8 Å². The second-order valence-corrected chi connectivity index (χ2v) is 4.49. The summed E-state index contributed by atoms with van der Waals surface area (Å²) in [7, 11) is 0. The fourth-order valence-electron chi connectivity index (χ4n) is 2.15. The van der Waals surface area contributed by atoms with Crippen molar-refractivity contribution < 1.29 is 14.3 Å². The number of carbonyl (C=O) groups is 1. The summed E-state index contributed by atoms with van der Waals surface area (Å²) in [6.07, 6.45) is 0.504. The zero-order valence-corrected chi connectivity index (χ0v) is 10.3. The maximum Gasteiger partial charge on any atom is 0.407 e. The van der Waals surface area contributed by atoms with E-state index in [4.69, 9.17) is 10.4 Å². The SMILES string of the molecule is N#Cc1cc(NC2CCN(C(=O)O)CC2)ccc1F. The number of benzene rings is 1. The molecule has 100 valence electrons. The number of piperidine rings is 1. The minimum Gasteiger partial charge on any atom is -0.465 e. The maximum absolute atomic E-state index is 13.2. The van der Waals surface area contributed by atoms with Crippen LogP contribution >= 0.6 is 0 Å². The van der Waals surface area contributed by atoms with Crippen molar-refractivity contribution in [2.45, 2.75) is 18.9 Å². The Morgan fingerprint density at radius 2 is 2.16 bits per heavy atom. The highest BCUT2D eigenvalue weighted by atomic mass is 19.1. The first-order valence-electron chi connectivity index (χ1n) is 6.04. The Morgan fingerprint density at radius 1 is 1.47 bits per heavy atom. The molecule has 0 saturated carbocycles. The smallest absolute Gasteiger partial charge is 0.407 e. The number of nitrogens with zero attached hydrogens (tertiary/aromatic N) is 2. The maximum atomic E-state index is 13.2. The van der Waals surface area contributed by atoms with Gasteiger partial charge in [0, 0.05) is 24.8 Å². The molecule has 1 heterocycles. The van der Waals surface area contributed by atoms with E-state index < -0.39 is 11.9 Å². The van der Waals surface area contributed by atoms with Crippen molar-refractivity contribution in [2.75, 3.05) is 18.4 Å². The van der Waals surface area contributed by atoms with E-state index in [-0.39, 0.29) is 11.6 Å². The Bertz CT molecular complexity index is 519. The minimum absolute atomic E-state index is 0.00738. The number of hydrogen-bond acceptors (Lipinski definition) is 3. The van der Waals surface area contributed by atoms with Crippen LogP contribution in [0.25, 0.3) is 0 Å². The van der Waals surface area contributed by atoms with Gasteiger partial charge in [-0.05, 0) is 31.0 Å². The van der Waals surface area contributed by atoms with Crippen molar-refractivity contribution in [3.05, 3.63) is 29.6 Å². The van der Waals surface area contributed by atoms with Crippen LogP contribution in [-0.2, 0) is 0 Å². The van der Waals surface area contributed by atoms with Gasteiger partial charge in [-0.2, -0.15) is 5.26 Å². The van der Waals surface area contributed by atoms with E-state index in [2.05, 4.69) is 5.32 Å². The lowest BCUT2D eigenvalue weighted by molar-refractivity contribution is 0.134. The van der Waals surface area contributed by atoms with Crippen LogP contribution in [0, 0.1) is 17.1 Å². The quantitative estimate of drug-likeness (QED) is 0.858. The monoisotopic (exact) mass is 263 g/mol. The summed E-state index contributed by atoms with van der Waals surface area (Å²) in [5.74, 6) is -0.534. The van der Waals surface area contributed by atoms with E-state index >= 15 is 0 Å². The molecule has 1 saturated heterocycles. The Hall–Kier alpha value is -2.29. The first-order valence-corrected chi connectivity index (χ1v) is 6.04. The molecule has 0 bridgehead atoms. The molecule has 0 aromatic heterocycles. The topological polar surface area (TPSA) is 76.4 Å². The van der Waals surface area contributed by atoms with Gasteiger partial charge in [0.2, 0.25) is 0 Å². The van der Waals surface area contributed by atoms with E-state index in [0.717, 1.165) is 0 Å². The number of halogens is 1. The molecule has 1 aliphatic heterocycles. The molecule has 19 heavy (non-hydrogen) atoms. The van der Waals surface area contributed by atoms with Crippen LogP contribution in [0.5, 0.6) is 0 Å². The standard InChI is InChI=1S/C13H14FN3O2/c14-12-2-1-11(7-9(12)8-15)16-10-3-5-17(6-4-10)13(18)19/h1-2,7,10,16H,3-6H2,(H,18,19). The Labute approximate surface area is 110 Å². The highest BCUT2D eigenvalue weighted by molar-refractivity contribution is 5.65. The lowest BCUT2D eigenvalue weighted by Gasteiger charge is -2.31. The van der Waals surface area contributed by atoms with Crippen molar-refractivity contribution in [2.24, 2.45) is 0 Å². The fourth-order valence-corrected chi connectivity index (χ4v) is 2.15. The molecule has 5 nitrogen and oxygen atoms in total. The molecule has 1 aromatic carbocycles. The summed E-state index contributed by atoms with van der Waals surface area (Å²) in [5.41, 5.74) is 0.694. The van der Waals surface area contributed by atoms with Gasteiger partial charge in [0.15, 0.2) is 0 Å². The second kappa shape index (κ2) is 5.57. The molecule has 2 N–H and O–H groups in total. The normalized spacial score (nSPS) is 15.9. The molecule has 0 radical (unpaired) electrons. The van der Waals surface area contributed by atoms with Crippen molar-refractivity contribution in [3.63, 3.8) is 0 Å². The summed E-state index contributed by atoms with van der Waals surface area (Å²) >= 11 is 0. The van der Waals surface area contributed by atoms with Crippen LogP contribution in [0.4, 0.5) is 14.9 Å². The lowest BCUT2D eigenvalue weighted by Crippen LogP contribution is -2.41. The third-order valence-corrected chi connectivity index (χ3v) is 3.22. The molecule has 1 amide bonds. The van der Waals surface area contributed by atoms with Crippen LogP contribution in [0.3, 0.4) is 0 Å². The van der Waals surface area contributed by atoms with Crippen molar-refractivity contribution in [3.8, 4) is 6.07 Å². The van der Waals surface area contributed by atoms with Gasteiger partial charge in [0.25, 0.3) is 0 Å². The van der Waals surface area contributed by atoms with Gasteiger partial charge in [0.05, 0.1) is 5.56 Å². The molecule has 6 heteroatoms. The van der Waals surface area contributed by atoms with Gasteiger partial charge in [-0.1, -0.05) is 0 Å². The third kappa shape index (κ3) is 3.13. The predicted molar refractivity (Wildman–Crippen MR) is 67.4 cm³/mol. The van der Waals surface area contributed by atoms with Gasteiger partial charge in [-0.3, -0.25) is 0 Å². The Balaban J connectivity index is 1.96. The summed E-state index contributed by atoms with van der Waals surface area (Å²) in [4.78, 5) is 12.1. The number of anilines is 1. The van der Waals surface area contributed by atoms with Crippen molar-refractivity contribution in [1.82, 2.24) is 4.90 Å². The van der Waals surface area contributed by atoms with E-state index in [1.165, 1.54) is 17.0 Å². The fraction of sp³-hybridized carbons (Fsp3) is 0.385. The minimum atomic E-state index is -0.896. The number of nitriles is 1. The van der Waals surface area contributed by atoms with Gasteiger partial charge in [-0.15, -0.1) is 0 Å². The molecule has 0 atom stereocenters. The summed E-state index contributed by atoms with van der Waals surface area (Å²) in [5, 5.41) is 20.8. The average Bonchev–Trinajstić information content (AvgIpc) is 2.41. The van der Waals surface area contributed by atoms with Gasteiger partial charge in [-0.25, -0.2) is 9.18 Å². The lowest BCUT2D eigenvalue weighted by atomic mass is 10.0. The first-order chi connectivity index (χ1) is 9.10. The zero-order chi connectivity index (χ0) is 13.8. The highest BCUT2D eigenvalue weighted by Gasteiger charge is 2.22. The molecule has 1 aromatic rings. The third-order valence-electron chi connectivity index (χ3n) is 3.22. The molecule has 1 aliphatic rings. The van der Waals surface area contributed by atoms with E-state index in [1.807, 2.05) is 0 Å². The average molecular weight is 263 g/mol. The molecule has 0 aliphatic carbocycles. The van der Waals surface area contributed by atoms with Crippen molar-refractivity contribution in [1.29, 1.82) is 5.26 Å². The number of rotatable bonds is 2. The summed E-state index contributed by atoms with van der Waals surface area (Å²) in [6, 6.07) is 6.25. The van der Waals surface area contributed by atoms with Crippen LogP contribution in [-0.4, -0.2) is 35.2 Å². The molecule has 0 spiro atoms. The van der Waals surface area contributed by atoms with Gasteiger partial charge >= 0.3 is 6.09 Å². The number of likely N-dealkylation sites (tertiary alicyclic amines) is 1. The van der Waals surface area contributed by atoms with Crippen LogP contribution < -0.4 is 5.32 Å². The van der Waals surface area contributed by atoms with Crippen LogP contribution in [0.15, 0.2) is 18.2 Å². The Morgan fingerprint density at radius 3 is 2.74 bits per heavy atom. The summed E-state index contributed by atoms with van der Waals surface area (Å²) < 4.78 is 13.2. The highest BCUT2D eigenvalue weighted by Crippen LogP contribution is 2.19. The largest absolute Gasteiger partial charge is 0.465 e. The zero-order valence-electron chi connectivity index (χ0n) is 10.3. The van der Waals surface area contributed by atoms with Crippen LogP contribution in [0.2, 0.25) is 0 Å². The second-order valence-electron chi connectivity index (χ2n) is 4.49. The van der Waals surface area contributed by atoms with Crippen LogP contribution in [0.1, 0.15) is 18.4 Å². The number of amides is 1. The molecule has 1 fully saturated rings. The summed E-state index contributed by atoms with van der Waals surface area (Å²) in [6.45, 7) is 0.971.